The van der Waals surface area contributed by atoms with Crippen LogP contribution in [0, 0.1) is 25.5 Å². The van der Waals surface area contributed by atoms with Crippen molar-refractivity contribution in [3.05, 3.63) is 52.4 Å². The second-order valence-corrected chi connectivity index (χ2v) is 5.23. The molecule has 2 aromatic rings. The number of aromatic nitrogens is 1. The Balaban J connectivity index is 1.92. The molecular formula is C16H16F2N2O4. The zero-order chi connectivity index (χ0) is 17.9. The summed E-state index contributed by atoms with van der Waals surface area (Å²) in [5.74, 6) is -2.54. The summed E-state index contributed by atoms with van der Waals surface area (Å²) in [6.45, 7) is 4.11. The van der Waals surface area contributed by atoms with Crippen LogP contribution in [0.2, 0.25) is 0 Å². The first-order valence-corrected chi connectivity index (χ1v) is 7.14. The first-order valence-electron chi connectivity index (χ1n) is 7.14. The molecule has 0 saturated heterocycles. The third-order valence-corrected chi connectivity index (χ3v) is 3.38. The highest BCUT2D eigenvalue weighted by atomic mass is 19.1. The van der Waals surface area contributed by atoms with E-state index in [0.717, 1.165) is 12.1 Å². The van der Waals surface area contributed by atoms with Crippen LogP contribution in [0.4, 0.5) is 8.78 Å². The number of benzene rings is 1. The van der Waals surface area contributed by atoms with Gasteiger partial charge in [0.2, 0.25) is 0 Å². The maximum atomic E-state index is 13.6. The molecule has 0 saturated carbocycles. The fourth-order valence-corrected chi connectivity index (χ4v) is 2.19. The van der Waals surface area contributed by atoms with Gasteiger partial charge in [-0.05, 0) is 26.8 Å². The van der Waals surface area contributed by atoms with Gasteiger partial charge < -0.3 is 14.6 Å². The average Bonchev–Trinajstić information content (AvgIpc) is 2.83. The first kappa shape index (κ1) is 17.6. The van der Waals surface area contributed by atoms with Crippen LogP contribution in [0.25, 0.3) is 0 Å². The molecular weight excluding hydrogens is 322 g/mol. The van der Waals surface area contributed by atoms with Crippen molar-refractivity contribution in [2.75, 3.05) is 6.61 Å². The molecule has 0 fully saturated rings. The lowest BCUT2D eigenvalue weighted by molar-refractivity contribution is -0.124. The number of amides is 1. The van der Waals surface area contributed by atoms with Crippen LogP contribution in [0.5, 0.6) is 0 Å². The van der Waals surface area contributed by atoms with Crippen molar-refractivity contribution in [1.29, 1.82) is 0 Å². The number of aryl methyl sites for hydroxylation is 2. The molecule has 0 aliphatic carbocycles. The zero-order valence-corrected chi connectivity index (χ0v) is 13.4. The normalized spacial score (nSPS) is 11.9. The molecule has 0 spiro atoms. The van der Waals surface area contributed by atoms with Gasteiger partial charge in [-0.1, -0.05) is 11.2 Å². The Kier molecular flexibility index (Phi) is 5.28. The molecule has 1 aromatic carbocycles. The predicted molar refractivity (Wildman–Crippen MR) is 79.2 cm³/mol. The van der Waals surface area contributed by atoms with Crippen LogP contribution in [0.1, 0.15) is 40.3 Å². The summed E-state index contributed by atoms with van der Waals surface area (Å²) in [5, 5.41) is 6.09. The minimum Gasteiger partial charge on any atom is -0.452 e. The number of nitrogens with one attached hydrogen (secondary N) is 1. The summed E-state index contributed by atoms with van der Waals surface area (Å²) >= 11 is 0. The molecule has 128 valence electrons. The van der Waals surface area contributed by atoms with Crippen molar-refractivity contribution in [2.45, 2.75) is 26.8 Å². The molecule has 24 heavy (non-hydrogen) atoms. The summed E-state index contributed by atoms with van der Waals surface area (Å²) < 4.78 is 36.3. The van der Waals surface area contributed by atoms with E-state index in [4.69, 9.17) is 9.26 Å². The fourth-order valence-electron chi connectivity index (χ4n) is 2.19. The SMILES string of the molecule is Cc1noc(C)c1C(=O)OCC(=O)N[C@@H](C)c1ccc(F)cc1F. The van der Waals surface area contributed by atoms with Gasteiger partial charge in [-0.15, -0.1) is 0 Å². The largest absolute Gasteiger partial charge is 0.452 e. The molecule has 1 amide bonds. The van der Waals surface area contributed by atoms with Crippen LogP contribution < -0.4 is 5.32 Å². The van der Waals surface area contributed by atoms with E-state index in [0.29, 0.717) is 11.5 Å². The van der Waals surface area contributed by atoms with Crippen molar-refractivity contribution in [3.8, 4) is 0 Å². The summed E-state index contributed by atoms with van der Waals surface area (Å²) in [5.41, 5.74) is 0.655. The highest BCUT2D eigenvalue weighted by Crippen LogP contribution is 2.18. The molecule has 8 heteroatoms. The van der Waals surface area contributed by atoms with Crippen molar-refractivity contribution >= 4 is 11.9 Å². The Labute approximate surface area is 136 Å². The van der Waals surface area contributed by atoms with Crippen molar-refractivity contribution < 1.29 is 27.6 Å². The molecule has 1 N–H and O–H groups in total. The van der Waals surface area contributed by atoms with Gasteiger partial charge in [-0.2, -0.15) is 0 Å². The number of esters is 1. The van der Waals surface area contributed by atoms with E-state index >= 15 is 0 Å². The summed E-state index contributed by atoms with van der Waals surface area (Å²) in [7, 11) is 0. The van der Waals surface area contributed by atoms with Crippen LogP contribution in [0.15, 0.2) is 22.7 Å². The van der Waals surface area contributed by atoms with E-state index in [1.54, 1.807) is 13.8 Å². The number of ether oxygens (including phenoxy) is 1. The first-order chi connectivity index (χ1) is 11.3. The van der Waals surface area contributed by atoms with Gasteiger partial charge in [-0.3, -0.25) is 4.79 Å². The minimum atomic E-state index is -0.768. The van der Waals surface area contributed by atoms with Crippen molar-refractivity contribution in [3.63, 3.8) is 0 Å². The van der Waals surface area contributed by atoms with E-state index in [9.17, 15) is 18.4 Å². The molecule has 0 aliphatic rings. The number of carbonyl (C=O) groups excluding carboxylic acids is 2. The lowest BCUT2D eigenvalue weighted by Crippen LogP contribution is -2.31. The van der Waals surface area contributed by atoms with Crippen LogP contribution in [-0.4, -0.2) is 23.6 Å². The maximum absolute atomic E-state index is 13.6. The van der Waals surface area contributed by atoms with E-state index in [-0.39, 0.29) is 11.1 Å². The molecule has 1 aromatic heterocycles. The van der Waals surface area contributed by atoms with Gasteiger partial charge >= 0.3 is 5.97 Å². The monoisotopic (exact) mass is 338 g/mol. The van der Waals surface area contributed by atoms with Gasteiger partial charge in [0, 0.05) is 11.6 Å². The minimum absolute atomic E-state index is 0.127. The Morgan fingerprint density at radius 2 is 2.04 bits per heavy atom. The number of hydrogen-bond acceptors (Lipinski definition) is 5. The third kappa shape index (κ3) is 3.95. The molecule has 2 rings (SSSR count). The summed E-state index contributed by atoms with van der Waals surface area (Å²) in [6.07, 6.45) is 0. The topological polar surface area (TPSA) is 81.4 Å². The van der Waals surface area contributed by atoms with Crippen LogP contribution in [0.3, 0.4) is 0 Å². The zero-order valence-electron chi connectivity index (χ0n) is 13.4. The fraction of sp³-hybridized carbons (Fsp3) is 0.312. The molecule has 0 unspecified atom stereocenters. The Morgan fingerprint density at radius 3 is 2.62 bits per heavy atom. The maximum Gasteiger partial charge on any atom is 0.344 e. The lowest BCUT2D eigenvalue weighted by atomic mass is 10.1. The summed E-state index contributed by atoms with van der Waals surface area (Å²) in [4.78, 5) is 23.7. The number of rotatable bonds is 5. The Hall–Kier alpha value is -2.77. The van der Waals surface area contributed by atoms with E-state index in [1.807, 2.05) is 0 Å². The van der Waals surface area contributed by atoms with E-state index in [1.165, 1.54) is 13.0 Å². The van der Waals surface area contributed by atoms with Gasteiger partial charge in [0.25, 0.3) is 5.91 Å². The smallest absolute Gasteiger partial charge is 0.344 e. The number of nitrogens with zero attached hydrogens (tertiary/aromatic N) is 1. The van der Waals surface area contributed by atoms with Gasteiger partial charge in [0.05, 0.1) is 11.7 Å². The van der Waals surface area contributed by atoms with Gasteiger partial charge in [-0.25, -0.2) is 13.6 Å². The standard InChI is InChI=1S/C16H16F2N2O4/c1-8(12-5-4-11(17)6-13(12)18)19-14(21)7-23-16(22)15-9(2)20-24-10(15)3/h4-6,8H,7H2,1-3H3,(H,19,21)/t8-/m0/s1. The Bertz CT molecular complexity index is 754. The van der Waals surface area contributed by atoms with Gasteiger partial charge in [0.1, 0.15) is 23.0 Å². The quantitative estimate of drug-likeness (QED) is 0.848. The Morgan fingerprint density at radius 1 is 1.33 bits per heavy atom. The molecule has 0 radical (unpaired) electrons. The second-order valence-electron chi connectivity index (χ2n) is 5.23. The number of hydrogen-bond donors (Lipinski definition) is 1. The highest BCUT2D eigenvalue weighted by Gasteiger charge is 2.21. The molecule has 6 nitrogen and oxygen atoms in total. The highest BCUT2D eigenvalue weighted by molar-refractivity contribution is 5.93. The summed E-state index contributed by atoms with van der Waals surface area (Å²) in [6, 6.07) is 2.36. The van der Waals surface area contributed by atoms with Crippen LogP contribution in [-0.2, 0) is 9.53 Å². The second kappa shape index (κ2) is 7.20. The molecule has 1 heterocycles. The number of halogens is 2. The lowest BCUT2D eigenvalue weighted by Gasteiger charge is -2.15. The molecule has 0 bridgehead atoms. The molecule has 1 atom stereocenters. The molecule has 0 aliphatic heterocycles. The third-order valence-electron chi connectivity index (χ3n) is 3.38. The number of carbonyl (C=O) groups is 2. The van der Waals surface area contributed by atoms with E-state index < -0.39 is 36.2 Å². The van der Waals surface area contributed by atoms with Crippen LogP contribution >= 0.6 is 0 Å². The van der Waals surface area contributed by atoms with E-state index in [2.05, 4.69) is 10.5 Å². The average molecular weight is 338 g/mol. The van der Waals surface area contributed by atoms with Crippen molar-refractivity contribution in [1.82, 2.24) is 10.5 Å². The van der Waals surface area contributed by atoms with Crippen molar-refractivity contribution in [2.24, 2.45) is 0 Å². The predicted octanol–water partition coefficient (Wildman–Crippen LogP) is 2.60. The van der Waals surface area contributed by atoms with Gasteiger partial charge in [0.15, 0.2) is 6.61 Å².